The lowest BCUT2D eigenvalue weighted by Crippen LogP contribution is -2.69. The lowest BCUT2D eigenvalue weighted by Gasteiger charge is -2.52. The highest BCUT2D eigenvalue weighted by Gasteiger charge is 2.60. The van der Waals surface area contributed by atoms with Gasteiger partial charge in [0.1, 0.15) is 18.3 Å². The van der Waals surface area contributed by atoms with Crippen molar-refractivity contribution < 1.29 is 43.2 Å². The Morgan fingerprint density at radius 3 is 2.45 bits per heavy atom. The standard InChI is InChI=1S/C23H33NO9/c1-22(2,3)21(27)32-18-17-15(13-30-20(31-17)14-10-8-7-9-11-14)33-23(28-5,19(18)26)12-16(25)24(4)29-6/h7-11,15,17-20,26H,12-13H2,1-6H3/t15-,17-,18+,19+,20?,23+/m1/s1. The fraction of sp³-hybridized carbons (Fsp3) is 0.652. The van der Waals surface area contributed by atoms with Crippen molar-refractivity contribution in [2.45, 2.75) is 63.7 Å². The van der Waals surface area contributed by atoms with Gasteiger partial charge in [0.15, 0.2) is 12.4 Å². The summed E-state index contributed by atoms with van der Waals surface area (Å²) in [5.74, 6) is -2.85. The minimum absolute atomic E-state index is 0.0694. The van der Waals surface area contributed by atoms with Gasteiger partial charge in [0.25, 0.3) is 5.91 Å². The molecule has 1 aromatic carbocycles. The fourth-order valence-electron chi connectivity index (χ4n) is 3.72. The summed E-state index contributed by atoms with van der Waals surface area (Å²) in [5.41, 5.74) is -0.0638. The maximum Gasteiger partial charge on any atom is 0.311 e. The SMILES string of the molecule is CON(C)C(=O)C[C@]1(OC)O[C@@H]2COC(c3ccccc3)O[C@H]2[C@H](OC(=O)C(C)(C)C)[C@@H]1O. The average molecular weight is 468 g/mol. The third kappa shape index (κ3) is 5.37. The first-order valence-electron chi connectivity index (χ1n) is 10.8. The van der Waals surface area contributed by atoms with E-state index < -0.39 is 53.8 Å². The number of rotatable bonds is 6. The van der Waals surface area contributed by atoms with Crippen molar-refractivity contribution in [3.8, 4) is 0 Å². The molecule has 2 heterocycles. The molecule has 3 rings (SSSR count). The van der Waals surface area contributed by atoms with Crippen molar-refractivity contribution in [1.29, 1.82) is 0 Å². The van der Waals surface area contributed by atoms with E-state index in [1.54, 1.807) is 20.8 Å². The van der Waals surface area contributed by atoms with Crippen LogP contribution in [0.25, 0.3) is 0 Å². The van der Waals surface area contributed by atoms with Crippen LogP contribution < -0.4 is 0 Å². The fourth-order valence-corrected chi connectivity index (χ4v) is 3.72. The number of hydrogen-bond acceptors (Lipinski definition) is 9. The third-order valence-electron chi connectivity index (χ3n) is 5.79. The van der Waals surface area contributed by atoms with Crippen molar-refractivity contribution in [2.24, 2.45) is 5.41 Å². The predicted octanol–water partition coefficient (Wildman–Crippen LogP) is 1.57. The molecule has 10 nitrogen and oxygen atoms in total. The van der Waals surface area contributed by atoms with Crippen LogP contribution in [-0.4, -0.2) is 80.1 Å². The summed E-state index contributed by atoms with van der Waals surface area (Å²) in [6.45, 7) is 5.18. The number of fused-ring (bicyclic) bond motifs is 1. The second-order valence-electron chi connectivity index (χ2n) is 9.16. The zero-order valence-electron chi connectivity index (χ0n) is 19.8. The second-order valence-corrected chi connectivity index (χ2v) is 9.16. The Hall–Kier alpha value is -2.08. The lowest BCUT2D eigenvalue weighted by atomic mass is 9.88. The third-order valence-corrected chi connectivity index (χ3v) is 5.79. The summed E-state index contributed by atoms with van der Waals surface area (Å²) < 4.78 is 29.3. The van der Waals surface area contributed by atoms with Gasteiger partial charge in [0.05, 0.1) is 25.6 Å². The average Bonchev–Trinajstić information content (AvgIpc) is 2.80. The van der Waals surface area contributed by atoms with E-state index in [0.717, 1.165) is 10.6 Å². The van der Waals surface area contributed by atoms with Gasteiger partial charge in [-0.15, -0.1) is 0 Å². The number of hydrogen-bond donors (Lipinski definition) is 1. The zero-order valence-corrected chi connectivity index (χ0v) is 19.8. The molecule has 0 aromatic heterocycles. The van der Waals surface area contributed by atoms with Crippen LogP contribution in [0.4, 0.5) is 0 Å². The molecule has 0 aliphatic carbocycles. The van der Waals surface area contributed by atoms with Gasteiger partial charge in [-0.25, -0.2) is 5.06 Å². The molecule has 1 aromatic rings. The number of carbonyl (C=O) groups excluding carboxylic acids is 2. The lowest BCUT2D eigenvalue weighted by molar-refractivity contribution is -0.398. The highest BCUT2D eigenvalue weighted by molar-refractivity contribution is 5.76. The minimum atomic E-state index is -1.81. The number of ether oxygens (including phenoxy) is 5. The maximum absolute atomic E-state index is 12.8. The molecule has 0 bridgehead atoms. The van der Waals surface area contributed by atoms with Crippen LogP contribution in [-0.2, 0) is 38.1 Å². The summed E-state index contributed by atoms with van der Waals surface area (Å²) in [5, 5.41) is 12.3. The maximum atomic E-state index is 12.8. The number of carbonyl (C=O) groups is 2. The van der Waals surface area contributed by atoms with Gasteiger partial charge < -0.3 is 28.8 Å². The Morgan fingerprint density at radius 2 is 1.88 bits per heavy atom. The molecule has 2 fully saturated rings. The van der Waals surface area contributed by atoms with Crippen LogP contribution in [0.15, 0.2) is 30.3 Å². The normalized spacial score (nSPS) is 32.0. The molecule has 0 radical (unpaired) electrons. The molecule has 10 heteroatoms. The second kappa shape index (κ2) is 10.0. The summed E-state index contributed by atoms with van der Waals surface area (Å²) in [7, 11) is 4.08. The molecule has 184 valence electrons. The van der Waals surface area contributed by atoms with Gasteiger partial charge in [-0.05, 0) is 20.8 Å². The van der Waals surface area contributed by atoms with Crippen molar-refractivity contribution in [3.05, 3.63) is 35.9 Å². The van der Waals surface area contributed by atoms with E-state index in [4.69, 9.17) is 28.5 Å². The molecule has 2 saturated heterocycles. The van der Waals surface area contributed by atoms with Gasteiger partial charge in [0, 0.05) is 19.7 Å². The zero-order chi connectivity index (χ0) is 24.4. The van der Waals surface area contributed by atoms with Crippen molar-refractivity contribution >= 4 is 11.9 Å². The Labute approximate surface area is 193 Å². The molecule has 2 aliphatic rings. The quantitative estimate of drug-likeness (QED) is 0.492. The number of nitrogens with zero attached hydrogens (tertiary/aromatic N) is 1. The van der Waals surface area contributed by atoms with E-state index in [1.807, 2.05) is 30.3 Å². The van der Waals surface area contributed by atoms with Crippen LogP contribution in [0.3, 0.4) is 0 Å². The van der Waals surface area contributed by atoms with E-state index in [1.165, 1.54) is 21.3 Å². The van der Waals surface area contributed by atoms with Crippen molar-refractivity contribution in [2.75, 3.05) is 27.9 Å². The molecule has 1 unspecified atom stereocenters. The molecular weight excluding hydrogens is 434 g/mol. The van der Waals surface area contributed by atoms with Crippen LogP contribution in [0.1, 0.15) is 39.0 Å². The number of esters is 1. The first-order valence-corrected chi connectivity index (χ1v) is 10.8. The first kappa shape index (κ1) is 25.5. The van der Waals surface area contributed by atoms with Gasteiger partial charge in [-0.1, -0.05) is 30.3 Å². The number of aliphatic hydroxyl groups excluding tert-OH is 1. The Bertz CT molecular complexity index is 827. The van der Waals surface area contributed by atoms with Crippen LogP contribution in [0.5, 0.6) is 0 Å². The van der Waals surface area contributed by atoms with E-state index in [-0.39, 0.29) is 13.0 Å². The molecular formula is C23H33NO9. The smallest absolute Gasteiger partial charge is 0.311 e. The van der Waals surface area contributed by atoms with Crippen LogP contribution in [0.2, 0.25) is 0 Å². The van der Waals surface area contributed by atoms with Gasteiger partial charge in [-0.2, -0.15) is 0 Å². The van der Waals surface area contributed by atoms with E-state index in [9.17, 15) is 14.7 Å². The topological polar surface area (TPSA) is 113 Å². The molecule has 0 spiro atoms. The number of methoxy groups -OCH3 is 1. The Kier molecular flexibility index (Phi) is 7.77. The number of hydroxylamine groups is 2. The monoisotopic (exact) mass is 467 g/mol. The van der Waals surface area contributed by atoms with Crippen LogP contribution >= 0.6 is 0 Å². The Balaban J connectivity index is 1.93. The van der Waals surface area contributed by atoms with E-state index >= 15 is 0 Å². The number of aliphatic hydroxyl groups is 1. The largest absolute Gasteiger partial charge is 0.456 e. The highest BCUT2D eigenvalue weighted by Crippen LogP contribution is 2.41. The van der Waals surface area contributed by atoms with Gasteiger partial charge in [-0.3, -0.25) is 14.4 Å². The summed E-state index contributed by atoms with van der Waals surface area (Å²) in [4.78, 5) is 30.3. The van der Waals surface area contributed by atoms with Crippen molar-refractivity contribution in [3.63, 3.8) is 0 Å². The molecule has 2 aliphatic heterocycles. The minimum Gasteiger partial charge on any atom is -0.456 e. The number of benzene rings is 1. The molecule has 33 heavy (non-hydrogen) atoms. The van der Waals surface area contributed by atoms with Crippen molar-refractivity contribution in [1.82, 2.24) is 5.06 Å². The summed E-state index contributed by atoms with van der Waals surface area (Å²) in [6, 6.07) is 9.27. The first-order chi connectivity index (χ1) is 15.5. The number of amides is 1. The molecule has 1 N–H and O–H groups in total. The van der Waals surface area contributed by atoms with Gasteiger partial charge >= 0.3 is 5.97 Å². The highest BCUT2D eigenvalue weighted by atomic mass is 16.8. The Morgan fingerprint density at radius 1 is 1.21 bits per heavy atom. The predicted molar refractivity (Wildman–Crippen MR) is 114 cm³/mol. The molecule has 1 amide bonds. The van der Waals surface area contributed by atoms with Crippen LogP contribution in [0, 0.1) is 5.41 Å². The molecule has 0 saturated carbocycles. The molecule has 6 atom stereocenters. The van der Waals surface area contributed by atoms with E-state index in [0.29, 0.717) is 0 Å². The van der Waals surface area contributed by atoms with E-state index in [2.05, 4.69) is 0 Å². The summed E-state index contributed by atoms with van der Waals surface area (Å²) in [6.07, 6.45) is -5.46. The summed E-state index contributed by atoms with van der Waals surface area (Å²) >= 11 is 0. The van der Waals surface area contributed by atoms with Gasteiger partial charge in [0.2, 0.25) is 5.79 Å².